The van der Waals surface area contributed by atoms with Crippen LogP contribution in [0.2, 0.25) is 0 Å². The molecule has 0 aliphatic heterocycles. The lowest BCUT2D eigenvalue weighted by Crippen LogP contribution is -2.13. The minimum atomic E-state index is -0.441. The Morgan fingerprint density at radius 1 is 1.22 bits per heavy atom. The van der Waals surface area contributed by atoms with Gasteiger partial charge in [0, 0.05) is 11.8 Å². The molecule has 0 unspecified atom stereocenters. The molecule has 6 nitrogen and oxygen atoms in total. The maximum Gasteiger partial charge on any atom is 0.255 e. The smallest absolute Gasteiger partial charge is 0.255 e. The van der Waals surface area contributed by atoms with Crippen LogP contribution >= 0.6 is 0 Å². The van der Waals surface area contributed by atoms with E-state index in [1.165, 1.54) is 30.6 Å². The van der Waals surface area contributed by atoms with Crippen LogP contribution in [-0.4, -0.2) is 21.1 Å². The molecule has 0 bridgehead atoms. The summed E-state index contributed by atoms with van der Waals surface area (Å²) in [6.45, 7) is 0. The molecule has 0 saturated carbocycles. The number of nitrogen functional groups attached to an aromatic ring is 1. The van der Waals surface area contributed by atoms with Crippen LogP contribution in [0.25, 0.3) is 0 Å². The van der Waals surface area contributed by atoms with E-state index in [0.29, 0.717) is 11.4 Å². The Labute approximate surface area is 103 Å². The van der Waals surface area contributed by atoms with Crippen LogP contribution in [0.1, 0.15) is 10.4 Å². The molecule has 1 aromatic carbocycles. The van der Waals surface area contributed by atoms with E-state index in [4.69, 9.17) is 10.8 Å². The lowest BCUT2D eigenvalue weighted by atomic mass is 10.2. The summed E-state index contributed by atoms with van der Waals surface area (Å²) < 4.78 is 0. The van der Waals surface area contributed by atoms with Crippen LogP contribution < -0.4 is 11.1 Å². The number of phenolic OH excluding ortho intramolecular Hbond substituents is 2. The van der Waals surface area contributed by atoms with Crippen LogP contribution in [0.4, 0.5) is 11.4 Å². The lowest BCUT2D eigenvalue weighted by Gasteiger charge is -2.07. The predicted molar refractivity (Wildman–Crippen MR) is 66.4 cm³/mol. The highest BCUT2D eigenvalue weighted by Crippen LogP contribution is 2.25. The number of rotatable bonds is 2. The van der Waals surface area contributed by atoms with Crippen LogP contribution in [-0.2, 0) is 0 Å². The molecule has 18 heavy (non-hydrogen) atoms. The first-order chi connectivity index (χ1) is 8.58. The summed E-state index contributed by atoms with van der Waals surface area (Å²) >= 11 is 0. The number of carbonyl (C=O) groups is 1. The Bertz CT molecular complexity index is 599. The number of carbonyl (C=O) groups excluding carboxylic acids is 1. The zero-order chi connectivity index (χ0) is 13.1. The topological polar surface area (TPSA) is 108 Å². The van der Waals surface area contributed by atoms with Gasteiger partial charge in [0.15, 0.2) is 11.5 Å². The van der Waals surface area contributed by atoms with Gasteiger partial charge in [-0.1, -0.05) is 0 Å². The van der Waals surface area contributed by atoms with Gasteiger partial charge in [0.25, 0.3) is 5.91 Å². The van der Waals surface area contributed by atoms with E-state index in [1.54, 1.807) is 6.07 Å². The van der Waals surface area contributed by atoms with Crippen molar-refractivity contribution in [2.45, 2.75) is 0 Å². The maximum absolute atomic E-state index is 11.9. The average Bonchev–Trinajstić information content (AvgIpc) is 2.35. The van der Waals surface area contributed by atoms with Crippen molar-refractivity contribution in [3.63, 3.8) is 0 Å². The molecular weight excluding hydrogens is 234 g/mol. The molecule has 0 fully saturated rings. The third-order valence-electron chi connectivity index (χ3n) is 2.34. The lowest BCUT2D eigenvalue weighted by molar-refractivity contribution is 0.102. The van der Waals surface area contributed by atoms with E-state index in [2.05, 4.69) is 10.3 Å². The minimum Gasteiger partial charge on any atom is -0.504 e. The van der Waals surface area contributed by atoms with Crippen molar-refractivity contribution in [2.75, 3.05) is 11.1 Å². The van der Waals surface area contributed by atoms with Gasteiger partial charge in [-0.2, -0.15) is 0 Å². The van der Waals surface area contributed by atoms with Crippen LogP contribution in [0.5, 0.6) is 11.5 Å². The summed E-state index contributed by atoms with van der Waals surface area (Å²) in [7, 11) is 0. The van der Waals surface area contributed by atoms with Gasteiger partial charge in [0.05, 0.1) is 17.6 Å². The number of nitrogens with one attached hydrogen (secondary N) is 1. The summed E-state index contributed by atoms with van der Waals surface area (Å²) in [6, 6.07) is 5.36. The Kier molecular flexibility index (Phi) is 3.01. The Morgan fingerprint density at radius 2 is 2.00 bits per heavy atom. The molecule has 0 aliphatic carbocycles. The van der Waals surface area contributed by atoms with Gasteiger partial charge < -0.3 is 21.3 Å². The first-order valence-corrected chi connectivity index (χ1v) is 5.11. The van der Waals surface area contributed by atoms with Gasteiger partial charge in [-0.25, -0.2) is 0 Å². The van der Waals surface area contributed by atoms with Crippen molar-refractivity contribution in [1.29, 1.82) is 0 Å². The van der Waals surface area contributed by atoms with Crippen LogP contribution in [0.15, 0.2) is 36.7 Å². The third-order valence-corrected chi connectivity index (χ3v) is 2.34. The molecule has 5 N–H and O–H groups in total. The number of hydrogen-bond acceptors (Lipinski definition) is 5. The number of aromatic hydroxyl groups is 2. The molecule has 1 aromatic heterocycles. The van der Waals surface area contributed by atoms with Crippen LogP contribution in [0, 0.1) is 0 Å². The highest BCUT2D eigenvalue weighted by molar-refractivity contribution is 6.05. The van der Waals surface area contributed by atoms with E-state index >= 15 is 0 Å². The van der Waals surface area contributed by atoms with E-state index in [9.17, 15) is 9.90 Å². The zero-order valence-electron chi connectivity index (χ0n) is 9.29. The van der Waals surface area contributed by atoms with Crippen molar-refractivity contribution in [3.05, 3.63) is 42.2 Å². The molecule has 6 heteroatoms. The van der Waals surface area contributed by atoms with Crippen molar-refractivity contribution in [1.82, 2.24) is 4.98 Å². The van der Waals surface area contributed by atoms with E-state index < -0.39 is 5.91 Å². The number of aromatic nitrogens is 1. The second kappa shape index (κ2) is 4.62. The molecule has 2 aromatic rings. The summed E-state index contributed by atoms with van der Waals surface area (Å²) in [6.07, 6.45) is 2.92. The van der Waals surface area contributed by atoms with Crippen molar-refractivity contribution < 1.29 is 15.0 Å². The fourth-order valence-electron chi connectivity index (χ4n) is 1.38. The number of phenols is 2. The van der Waals surface area contributed by atoms with E-state index in [1.807, 2.05) is 0 Å². The highest BCUT2D eigenvalue weighted by atomic mass is 16.3. The molecule has 0 spiro atoms. The van der Waals surface area contributed by atoms with Crippen LogP contribution in [0.3, 0.4) is 0 Å². The average molecular weight is 245 g/mol. The number of nitrogens with zero attached hydrogens (tertiary/aromatic N) is 1. The molecule has 2 rings (SSSR count). The molecule has 0 radical (unpaired) electrons. The summed E-state index contributed by atoms with van der Waals surface area (Å²) in [5.41, 5.74) is 6.62. The first-order valence-electron chi connectivity index (χ1n) is 5.11. The first kappa shape index (κ1) is 11.7. The fraction of sp³-hybridized carbons (Fsp3) is 0. The zero-order valence-corrected chi connectivity index (χ0v) is 9.29. The number of benzene rings is 1. The molecule has 1 amide bonds. The largest absolute Gasteiger partial charge is 0.504 e. The maximum atomic E-state index is 11.9. The Hall–Kier alpha value is -2.76. The van der Waals surface area contributed by atoms with E-state index in [-0.39, 0.29) is 17.1 Å². The summed E-state index contributed by atoms with van der Waals surface area (Å²) in [4.78, 5) is 15.7. The van der Waals surface area contributed by atoms with Gasteiger partial charge in [0.1, 0.15) is 0 Å². The van der Waals surface area contributed by atoms with E-state index in [0.717, 1.165) is 0 Å². The SMILES string of the molecule is Nc1cnccc1NC(=O)c1ccc(O)c(O)c1. The second-order valence-corrected chi connectivity index (χ2v) is 3.62. The molecular formula is C12H11N3O3. The molecule has 92 valence electrons. The molecule has 0 atom stereocenters. The molecule has 0 saturated heterocycles. The van der Waals surface area contributed by atoms with Crippen molar-refractivity contribution in [3.8, 4) is 11.5 Å². The Morgan fingerprint density at radius 3 is 2.67 bits per heavy atom. The van der Waals surface area contributed by atoms with Gasteiger partial charge in [0.2, 0.25) is 0 Å². The van der Waals surface area contributed by atoms with Gasteiger partial charge in [-0.05, 0) is 24.3 Å². The standard InChI is InChI=1S/C12H11N3O3/c13-8-6-14-4-3-9(8)15-12(18)7-1-2-10(16)11(17)5-7/h1-6,16-17H,13H2,(H,14,15,18). The van der Waals surface area contributed by atoms with Gasteiger partial charge in [-0.3, -0.25) is 9.78 Å². The summed E-state index contributed by atoms with van der Waals surface area (Å²) in [5.74, 6) is -1.08. The normalized spacial score (nSPS) is 10.0. The number of anilines is 2. The monoisotopic (exact) mass is 245 g/mol. The fourth-order valence-corrected chi connectivity index (χ4v) is 1.38. The predicted octanol–water partition coefficient (Wildman–Crippen LogP) is 1.33. The van der Waals surface area contributed by atoms with Crippen molar-refractivity contribution >= 4 is 17.3 Å². The van der Waals surface area contributed by atoms with Gasteiger partial charge >= 0.3 is 0 Å². The number of hydrogen-bond donors (Lipinski definition) is 4. The highest BCUT2D eigenvalue weighted by Gasteiger charge is 2.10. The molecule has 0 aliphatic rings. The second-order valence-electron chi connectivity index (χ2n) is 3.62. The van der Waals surface area contributed by atoms with Crippen molar-refractivity contribution in [2.24, 2.45) is 0 Å². The third kappa shape index (κ3) is 2.32. The Balaban J connectivity index is 2.22. The quantitative estimate of drug-likeness (QED) is 0.597. The molecule has 1 heterocycles. The summed E-state index contributed by atoms with van der Waals surface area (Å²) in [5, 5.41) is 21.0. The van der Waals surface area contributed by atoms with Gasteiger partial charge in [-0.15, -0.1) is 0 Å². The minimum absolute atomic E-state index is 0.210. The number of amides is 1. The number of nitrogens with two attached hydrogens (primary N) is 1. The number of pyridine rings is 1.